The number of ether oxygens (including phenoxy) is 2. The first-order valence-corrected chi connectivity index (χ1v) is 7.30. The standard InChI is InChI=1S/C15H24O6/c1-6-7-8-9-15(4,5)19-14(17)12-11(20-21-12)13(16)18-10(2)3/h10H,6-9H2,1-5H3. The number of unbranched alkanes of at least 4 members (excludes halogenated alkanes) is 2. The monoisotopic (exact) mass is 300 g/mol. The molecule has 0 aliphatic heterocycles. The fourth-order valence-corrected chi connectivity index (χ4v) is 1.80. The smallest absolute Gasteiger partial charge is 0.384 e. The van der Waals surface area contributed by atoms with E-state index in [9.17, 15) is 9.59 Å². The molecule has 21 heavy (non-hydrogen) atoms. The lowest BCUT2D eigenvalue weighted by atomic mass is 10.0. The molecule has 1 rings (SSSR count). The summed E-state index contributed by atoms with van der Waals surface area (Å²) >= 11 is 0. The fraction of sp³-hybridized carbons (Fsp3) is 0.733. The van der Waals surface area contributed by atoms with Gasteiger partial charge in [0.25, 0.3) is 0 Å². The molecule has 120 valence electrons. The lowest BCUT2D eigenvalue weighted by molar-refractivity contribution is -0.0590. The highest BCUT2D eigenvalue weighted by atomic mass is 17.0. The van der Waals surface area contributed by atoms with Crippen LogP contribution in [0, 0.1) is 0 Å². The molecule has 1 heterocycles. The zero-order chi connectivity index (χ0) is 16.0. The maximum Gasteiger partial charge on any atom is 0.384 e. The van der Waals surface area contributed by atoms with Crippen molar-refractivity contribution < 1.29 is 28.2 Å². The van der Waals surface area contributed by atoms with E-state index in [0.29, 0.717) is 0 Å². The number of hydrogen-bond acceptors (Lipinski definition) is 6. The predicted molar refractivity (Wildman–Crippen MR) is 75.2 cm³/mol. The summed E-state index contributed by atoms with van der Waals surface area (Å²) < 4.78 is 19.4. The van der Waals surface area contributed by atoms with Gasteiger partial charge in [0, 0.05) is 0 Å². The summed E-state index contributed by atoms with van der Waals surface area (Å²) in [5.74, 6) is -1.91. The Bertz CT molecular complexity index is 466. The molecule has 0 unspecified atom stereocenters. The predicted octanol–water partition coefficient (Wildman–Crippen LogP) is 3.95. The summed E-state index contributed by atoms with van der Waals surface area (Å²) in [5, 5.41) is 0. The second-order valence-electron chi connectivity index (χ2n) is 5.89. The number of rotatable bonds is 8. The van der Waals surface area contributed by atoms with E-state index in [0.717, 1.165) is 25.7 Å². The average molecular weight is 300 g/mol. The van der Waals surface area contributed by atoms with E-state index >= 15 is 0 Å². The third kappa shape index (κ3) is 5.28. The van der Waals surface area contributed by atoms with Gasteiger partial charge < -0.3 is 9.47 Å². The zero-order valence-electron chi connectivity index (χ0n) is 13.4. The Kier molecular flexibility index (Phi) is 6.05. The van der Waals surface area contributed by atoms with E-state index in [-0.39, 0.29) is 17.6 Å². The Morgan fingerprint density at radius 2 is 1.67 bits per heavy atom. The van der Waals surface area contributed by atoms with Crippen molar-refractivity contribution in [1.82, 2.24) is 0 Å². The van der Waals surface area contributed by atoms with E-state index in [1.807, 2.05) is 13.8 Å². The van der Waals surface area contributed by atoms with E-state index in [2.05, 4.69) is 16.1 Å². The second kappa shape index (κ2) is 7.33. The molecular formula is C15H24O6. The first-order valence-electron chi connectivity index (χ1n) is 7.30. The van der Waals surface area contributed by atoms with Crippen molar-refractivity contribution in [3.8, 4) is 0 Å². The zero-order valence-corrected chi connectivity index (χ0v) is 13.4. The molecule has 0 atom stereocenters. The van der Waals surface area contributed by atoms with Gasteiger partial charge >= 0.3 is 23.5 Å². The highest BCUT2D eigenvalue weighted by Gasteiger charge is 2.35. The van der Waals surface area contributed by atoms with Gasteiger partial charge in [0.05, 0.1) is 6.10 Å². The summed E-state index contributed by atoms with van der Waals surface area (Å²) in [5.41, 5.74) is -0.620. The van der Waals surface area contributed by atoms with Crippen molar-refractivity contribution >= 4 is 11.9 Å². The Hall–Kier alpha value is -1.72. The number of carbonyl (C=O) groups excluding carboxylic acids is 2. The highest BCUT2D eigenvalue weighted by molar-refractivity contribution is 5.99. The Morgan fingerprint density at radius 1 is 1.10 bits per heavy atom. The molecule has 0 aliphatic carbocycles. The lowest BCUT2D eigenvalue weighted by Crippen LogP contribution is -2.29. The van der Waals surface area contributed by atoms with E-state index < -0.39 is 17.5 Å². The van der Waals surface area contributed by atoms with Gasteiger partial charge in [-0.25, -0.2) is 9.59 Å². The van der Waals surface area contributed by atoms with Crippen LogP contribution in [-0.4, -0.2) is 23.6 Å². The van der Waals surface area contributed by atoms with Crippen LogP contribution in [0.15, 0.2) is 9.15 Å². The van der Waals surface area contributed by atoms with Gasteiger partial charge in [-0.3, -0.25) is 9.15 Å². The third-order valence-electron chi connectivity index (χ3n) is 2.88. The van der Waals surface area contributed by atoms with Gasteiger partial charge in [-0.2, -0.15) is 0 Å². The molecule has 1 aromatic heterocycles. The number of carbonyl (C=O) groups is 2. The van der Waals surface area contributed by atoms with Crippen molar-refractivity contribution in [3.05, 3.63) is 11.5 Å². The maximum absolute atomic E-state index is 12.0. The molecule has 0 radical (unpaired) electrons. The van der Waals surface area contributed by atoms with Crippen LogP contribution in [0.4, 0.5) is 0 Å². The Morgan fingerprint density at radius 3 is 2.14 bits per heavy atom. The summed E-state index contributed by atoms with van der Waals surface area (Å²) in [6.07, 6.45) is 3.58. The van der Waals surface area contributed by atoms with Crippen LogP contribution in [0.1, 0.15) is 81.4 Å². The van der Waals surface area contributed by atoms with Crippen LogP contribution in [0.3, 0.4) is 0 Å². The second-order valence-corrected chi connectivity index (χ2v) is 5.89. The van der Waals surface area contributed by atoms with Gasteiger partial charge in [-0.05, 0) is 40.5 Å². The maximum atomic E-state index is 12.0. The highest BCUT2D eigenvalue weighted by Crippen LogP contribution is 2.23. The topological polar surface area (TPSA) is 78.9 Å². The quantitative estimate of drug-likeness (QED) is 0.411. The van der Waals surface area contributed by atoms with Crippen LogP contribution >= 0.6 is 0 Å². The fourth-order valence-electron chi connectivity index (χ4n) is 1.80. The minimum Gasteiger partial charge on any atom is -0.457 e. The van der Waals surface area contributed by atoms with Crippen LogP contribution in [0.25, 0.3) is 0 Å². The minimum atomic E-state index is -0.730. The van der Waals surface area contributed by atoms with Crippen molar-refractivity contribution in [3.63, 3.8) is 0 Å². The molecule has 0 saturated carbocycles. The molecule has 0 amide bonds. The van der Waals surface area contributed by atoms with Gasteiger partial charge in [-0.1, -0.05) is 19.8 Å². The molecule has 0 fully saturated rings. The van der Waals surface area contributed by atoms with Crippen molar-refractivity contribution in [1.29, 1.82) is 0 Å². The summed E-state index contributed by atoms with van der Waals surface area (Å²) in [4.78, 5) is 23.6. The lowest BCUT2D eigenvalue weighted by Gasteiger charge is -2.24. The van der Waals surface area contributed by atoms with Gasteiger partial charge in [-0.15, -0.1) is 0 Å². The van der Waals surface area contributed by atoms with Crippen molar-refractivity contribution in [2.45, 2.75) is 72.0 Å². The molecule has 1 aromatic rings. The molecule has 6 nitrogen and oxygen atoms in total. The molecular weight excluding hydrogens is 276 g/mol. The van der Waals surface area contributed by atoms with Crippen molar-refractivity contribution in [2.75, 3.05) is 0 Å². The van der Waals surface area contributed by atoms with E-state index in [4.69, 9.17) is 9.47 Å². The Labute approximate surface area is 124 Å². The third-order valence-corrected chi connectivity index (χ3v) is 2.88. The van der Waals surface area contributed by atoms with Crippen LogP contribution in [-0.2, 0) is 9.47 Å². The average Bonchev–Trinajstić information content (AvgIpc) is 2.24. The first kappa shape index (κ1) is 17.3. The number of hydrogen-bond donors (Lipinski definition) is 0. The molecule has 0 aliphatic rings. The molecule has 0 N–H and O–H groups in total. The number of esters is 2. The molecule has 6 heteroatoms. The first-order chi connectivity index (χ1) is 9.76. The summed E-state index contributed by atoms with van der Waals surface area (Å²) in [6.45, 7) is 9.16. The molecule has 0 spiro atoms. The summed E-state index contributed by atoms with van der Waals surface area (Å²) in [6, 6.07) is 0. The van der Waals surface area contributed by atoms with Crippen molar-refractivity contribution in [2.24, 2.45) is 0 Å². The van der Waals surface area contributed by atoms with Gasteiger partial charge in [0.1, 0.15) is 5.60 Å². The molecule has 0 bridgehead atoms. The molecule has 0 aromatic carbocycles. The van der Waals surface area contributed by atoms with Crippen LogP contribution < -0.4 is 0 Å². The molecule has 0 saturated heterocycles. The summed E-state index contributed by atoms with van der Waals surface area (Å²) in [7, 11) is 0. The van der Waals surface area contributed by atoms with E-state index in [1.165, 1.54) is 0 Å². The van der Waals surface area contributed by atoms with Crippen LogP contribution in [0.2, 0.25) is 0 Å². The largest absolute Gasteiger partial charge is 0.457 e. The van der Waals surface area contributed by atoms with E-state index in [1.54, 1.807) is 13.8 Å². The van der Waals surface area contributed by atoms with Crippen LogP contribution in [0.5, 0.6) is 0 Å². The Balaban J connectivity index is 2.59. The van der Waals surface area contributed by atoms with Gasteiger partial charge in [0.2, 0.25) is 0 Å². The SMILES string of the molecule is CCCCCC(C)(C)OC(=O)c1ooc1C(=O)OC(C)C. The normalized spacial score (nSPS) is 11.7. The minimum absolute atomic E-state index is 0.232. The van der Waals surface area contributed by atoms with Gasteiger partial charge in [0.15, 0.2) is 0 Å².